The maximum absolute atomic E-state index is 6.05. The van der Waals surface area contributed by atoms with Gasteiger partial charge in [-0.3, -0.25) is 0 Å². The third-order valence-corrected chi connectivity index (χ3v) is 4.21. The molecule has 0 amide bonds. The molecule has 1 aromatic carbocycles. The van der Waals surface area contributed by atoms with Gasteiger partial charge in [-0.2, -0.15) is 0 Å². The summed E-state index contributed by atoms with van der Waals surface area (Å²) in [4.78, 5) is 4.10. The van der Waals surface area contributed by atoms with E-state index in [0.717, 1.165) is 6.54 Å². The van der Waals surface area contributed by atoms with Gasteiger partial charge in [-0.25, -0.2) is 4.98 Å². The van der Waals surface area contributed by atoms with Crippen LogP contribution in [-0.4, -0.2) is 16.1 Å². The summed E-state index contributed by atoms with van der Waals surface area (Å²) in [6.45, 7) is 0.750. The number of rotatable bonds is 3. The molecule has 0 bridgehead atoms. The van der Waals surface area contributed by atoms with Gasteiger partial charge in [-0.1, -0.05) is 25.0 Å². The van der Waals surface area contributed by atoms with Gasteiger partial charge >= 0.3 is 0 Å². The average molecular weight is 241 g/mol. The highest BCUT2D eigenvalue weighted by Crippen LogP contribution is 2.40. The van der Waals surface area contributed by atoms with Crippen LogP contribution in [0.25, 0.3) is 5.69 Å². The SMILES string of the molecule is NCC1(c2cccc(-n3ccnc3)c2)CCCC1. The lowest BCUT2D eigenvalue weighted by molar-refractivity contribution is 0.453. The van der Waals surface area contributed by atoms with E-state index in [1.807, 2.05) is 17.1 Å². The van der Waals surface area contributed by atoms with Crippen LogP contribution in [0.1, 0.15) is 31.2 Å². The lowest BCUT2D eigenvalue weighted by Gasteiger charge is -2.28. The first-order valence-electron chi connectivity index (χ1n) is 6.63. The number of hydrogen-bond donors (Lipinski definition) is 1. The second-order valence-corrected chi connectivity index (χ2v) is 5.21. The molecule has 2 N–H and O–H groups in total. The summed E-state index contributed by atoms with van der Waals surface area (Å²) in [6.07, 6.45) is 10.7. The highest BCUT2D eigenvalue weighted by atomic mass is 15.0. The molecule has 0 aliphatic heterocycles. The standard InChI is InChI=1S/C15H19N3/c16-11-15(6-1-2-7-15)13-4-3-5-14(10-13)18-9-8-17-12-18/h3-5,8-10,12H,1-2,6-7,11,16H2. The van der Waals surface area contributed by atoms with Gasteiger partial charge < -0.3 is 10.3 Å². The molecule has 0 atom stereocenters. The summed E-state index contributed by atoms with van der Waals surface area (Å²) in [5, 5.41) is 0. The monoisotopic (exact) mass is 241 g/mol. The molecule has 1 aliphatic carbocycles. The maximum atomic E-state index is 6.05. The molecule has 1 aliphatic rings. The Morgan fingerprint density at radius 3 is 2.78 bits per heavy atom. The van der Waals surface area contributed by atoms with E-state index in [1.54, 1.807) is 6.20 Å². The van der Waals surface area contributed by atoms with Crippen LogP contribution >= 0.6 is 0 Å². The first-order chi connectivity index (χ1) is 8.84. The minimum atomic E-state index is 0.205. The van der Waals surface area contributed by atoms with E-state index < -0.39 is 0 Å². The third kappa shape index (κ3) is 1.85. The summed E-state index contributed by atoms with van der Waals surface area (Å²) in [7, 11) is 0. The van der Waals surface area contributed by atoms with Crippen molar-refractivity contribution in [3.05, 3.63) is 48.5 Å². The quantitative estimate of drug-likeness (QED) is 0.897. The Balaban J connectivity index is 2.00. The topological polar surface area (TPSA) is 43.8 Å². The van der Waals surface area contributed by atoms with Gasteiger partial charge in [0.05, 0.1) is 6.33 Å². The number of nitrogens with two attached hydrogens (primary N) is 1. The minimum Gasteiger partial charge on any atom is -0.330 e. The van der Waals surface area contributed by atoms with E-state index in [9.17, 15) is 0 Å². The molecule has 3 heteroatoms. The van der Waals surface area contributed by atoms with Crippen LogP contribution in [0.4, 0.5) is 0 Å². The van der Waals surface area contributed by atoms with Crippen LogP contribution in [-0.2, 0) is 5.41 Å². The van der Waals surface area contributed by atoms with Crippen LogP contribution in [0.15, 0.2) is 43.0 Å². The van der Waals surface area contributed by atoms with Crippen LogP contribution < -0.4 is 5.73 Å². The molecular weight excluding hydrogens is 222 g/mol. The summed E-state index contributed by atoms with van der Waals surface area (Å²) in [5.74, 6) is 0. The summed E-state index contributed by atoms with van der Waals surface area (Å²) in [5.41, 5.74) is 8.81. The Labute approximate surface area is 108 Å². The Kier molecular flexibility index (Phi) is 2.92. The largest absolute Gasteiger partial charge is 0.330 e. The van der Waals surface area contributed by atoms with Crippen molar-refractivity contribution in [2.24, 2.45) is 5.73 Å². The zero-order chi connectivity index (χ0) is 12.4. The first-order valence-corrected chi connectivity index (χ1v) is 6.63. The molecule has 1 aromatic heterocycles. The molecular formula is C15H19N3. The first kappa shape index (κ1) is 11.5. The van der Waals surface area contributed by atoms with Gasteiger partial charge in [-0.05, 0) is 30.5 Å². The van der Waals surface area contributed by atoms with Crippen LogP contribution in [0.2, 0.25) is 0 Å². The van der Waals surface area contributed by atoms with Crippen LogP contribution in [0.3, 0.4) is 0 Å². The number of nitrogens with zero attached hydrogens (tertiary/aromatic N) is 2. The zero-order valence-corrected chi connectivity index (χ0v) is 10.5. The number of aromatic nitrogens is 2. The normalized spacial score (nSPS) is 18.1. The van der Waals surface area contributed by atoms with Crippen molar-refractivity contribution in [2.45, 2.75) is 31.1 Å². The number of benzene rings is 1. The average Bonchev–Trinajstić information content (AvgIpc) is 3.11. The van der Waals surface area contributed by atoms with Crippen molar-refractivity contribution in [3.63, 3.8) is 0 Å². The maximum Gasteiger partial charge on any atom is 0.0991 e. The van der Waals surface area contributed by atoms with Crippen molar-refractivity contribution in [1.29, 1.82) is 0 Å². The molecule has 0 saturated heterocycles. The zero-order valence-electron chi connectivity index (χ0n) is 10.5. The Hall–Kier alpha value is -1.61. The summed E-state index contributed by atoms with van der Waals surface area (Å²) in [6, 6.07) is 8.73. The van der Waals surface area contributed by atoms with Crippen molar-refractivity contribution in [3.8, 4) is 5.69 Å². The predicted octanol–water partition coefficient (Wildman–Crippen LogP) is 2.64. The Morgan fingerprint density at radius 2 is 2.11 bits per heavy atom. The molecule has 3 rings (SSSR count). The predicted molar refractivity (Wildman–Crippen MR) is 72.8 cm³/mol. The van der Waals surface area contributed by atoms with E-state index in [4.69, 9.17) is 5.73 Å². The molecule has 3 nitrogen and oxygen atoms in total. The highest BCUT2D eigenvalue weighted by Gasteiger charge is 2.34. The lowest BCUT2D eigenvalue weighted by Crippen LogP contribution is -2.32. The molecule has 1 saturated carbocycles. The fourth-order valence-electron chi connectivity index (χ4n) is 3.07. The van der Waals surface area contributed by atoms with Crippen LogP contribution in [0.5, 0.6) is 0 Å². The fourth-order valence-corrected chi connectivity index (χ4v) is 3.07. The molecule has 2 aromatic rings. The van der Waals surface area contributed by atoms with E-state index in [2.05, 4.69) is 29.2 Å². The van der Waals surface area contributed by atoms with Gasteiger partial charge in [0, 0.05) is 30.0 Å². The third-order valence-electron chi connectivity index (χ3n) is 4.21. The van der Waals surface area contributed by atoms with Gasteiger partial charge in [0.1, 0.15) is 0 Å². The molecule has 0 spiro atoms. The van der Waals surface area contributed by atoms with E-state index in [-0.39, 0.29) is 5.41 Å². The molecule has 1 heterocycles. The highest BCUT2D eigenvalue weighted by molar-refractivity contribution is 5.40. The van der Waals surface area contributed by atoms with Gasteiger partial charge in [0.25, 0.3) is 0 Å². The van der Waals surface area contributed by atoms with Crippen molar-refractivity contribution >= 4 is 0 Å². The Morgan fingerprint density at radius 1 is 1.28 bits per heavy atom. The van der Waals surface area contributed by atoms with E-state index in [0.29, 0.717) is 0 Å². The van der Waals surface area contributed by atoms with Crippen molar-refractivity contribution in [2.75, 3.05) is 6.54 Å². The fraction of sp³-hybridized carbons (Fsp3) is 0.400. The second kappa shape index (κ2) is 4.58. The van der Waals surface area contributed by atoms with Crippen LogP contribution in [0, 0.1) is 0 Å². The second-order valence-electron chi connectivity index (χ2n) is 5.21. The van der Waals surface area contributed by atoms with E-state index in [1.165, 1.54) is 36.9 Å². The van der Waals surface area contributed by atoms with Gasteiger partial charge in [-0.15, -0.1) is 0 Å². The minimum absolute atomic E-state index is 0.205. The smallest absolute Gasteiger partial charge is 0.0991 e. The Bertz CT molecular complexity index is 510. The number of imidazole rings is 1. The van der Waals surface area contributed by atoms with E-state index >= 15 is 0 Å². The van der Waals surface area contributed by atoms with Gasteiger partial charge in [0.15, 0.2) is 0 Å². The summed E-state index contributed by atoms with van der Waals surface area (Å²) < 4.78 is 2.04. The van der Waals surface area contributed by atoms with Crippen molar-refractivity contribution in [1.82, 2.24) is 9.55 Å². The van der Waals surface area contributed by atoms with Crippen molar-refractivity contribution < 1.29 is 0 Å². The molecule has 0 unspecified atom stereocenters. The van der Waals surface area contributed by atoms with Gasteiger partial charge in [0.2, 0.25) is 0 Å². The summed E-state index contributed by atoms with van der Waals surface area (Å²) >= 11 is 0. The molecule has 94 valence electrons. The molecule has 18 heavy (non-hydrogen) atoms. The molecule has 1 fully saturated rings. The lowest BCUT2D eigenvalue weighted by atomic mass is 9.79. The molecule has 0 radical (unpaired) electrons. The number of hydrogen-bond acceptors (Lipinski definition) is 2.